The topological polar surface area (TPSA) is 35.8 Å². The van der Waals surface area contributed by atoms with Gasteiger partial charge in [0.15, 0.2) is 0 Å². The van der Waals surface area contributed by atoms with E-state index < -0.39 is 0 Å². The van der Waals surface area contributed by atoms with Crippen molar-refractivity contribution in [1.82, 2.24) is 5.32 Å². The summed E-state index contributed by atoms with van der Waals surface area (Å²) in [6.45, 7) is 3.88. The molecule has 0 spiro atoms. The summed E-state index contributed by atoms with van der Waals surface area (Å²) in [6.07, 6.45) is 0. The first-order chi connectivity index (χ1) is 6.83. The Balaban J connectivity index is 2.31. The van der Waals surface area contributed by atoms with Gasteiger partial charge in [0, 0.05) is 19.0 Å². The van der Waals surface area contributed by atoms with Crippen molar-refractivity contribution < 1.29 is 0 Å². The minimum Gasteiger partial charge on any atom is -0.315 e. The predicted molar refractivity (Wildman–Crippen MR) is 55.9 cm³/mol. The molecule has 1 aromatic carbocycles. The van der Waals surface area contributed by atoms with Crippen molar-refractivity contribution in [2.24, 2.45) is 5.92 Å². The highest BCUT2D eigenvalue weighted by atomic mass is 14.9. The molecule has 72 valence electrons. The quantitative estimate of drug-likeness (QED) is 0.726. The molecule has 1 saturated heterocycles. The molecule has 1 heterocycles. The number of benzene rings is 1. The Bertz CT molecular complexity index is 365. The van der Waals surface area contributed by atoms with Crippen LogP contribution < -0.4 is 5.32 Å². The van der Waals surface area contributed by atoms with E-state index >= 15 is 0 Å². The third kappa shape index (κ3) is 1.51. The molecule has 0 saturated carbocycles. The molecule has 2 rings (SSSR count). The van der Waals surface area contributed by atoms with Gasteiger partial charge in [0.2, 0.25) is 0 Å². The van der Waals surface area contributed by atoms with E-state index in [1.165, 1.54) is 11.1 Å². The number of hydrogen-bond acceptors (Lipinski definition) is 2. The van der Waals surface area contributed by atoms with E-state index in [9.17, 15) is 0 Å². The molecule has 0 bridgehead atoms. The monoisotopic (exact) mass is 186 g/mol. The zero-order valence-corrected chi connectivity index (χ0v) is 8.33. The van der Waals surface area contributed by atoms with E-state index in [4.69, 9.17) is 5.26 Å². The lowest BCUT2D eigenvalue weighted by molar-refractivity contribution is 0.643. The van der Waals surface area contributed by atoms with E-state index in [0.29, 0.717) is 5.92 Å². The number of nitrogens with one attached hydrogen (secondary N) is 1. The Morgan fingerprint density at radius 2 is 2.14 bits per heavy atom. The fraction of sp³-hybridized carbons (Fsp3) is 0.417. The first-order valence-electron chi connectivity index (χ1n) is 4.99. The van der Waals surface area contributed by atoms with Crippen LogP contribution in [0, 0.1) is 24.2 Å². The summed E-state index contributed by atoms with van der Waals surface area (Å²) in [4.78, 5) is 0. The van der Waals surface area contributed by atoms with Crippen LogP contribution in [0.1, 0.15) is 17.0 Å². The molecule has 2 heteroatoms. The van der Waals surface area contributed by atoms with Gasteiger partial charge in [0.1, 0.15) is 0 Å². The summed E-state index contributed by atoms with van der Waals surface area (Å²) in [5.41, 5.74) is 2.62. The lowest BCUT2D eigenvalue weighted by Gasteiger charge is -2.14. The van der Waals surface area contributed by atoms with Crippen molar-refractivity contribution in [2.45, 2.75) is 12.8 Å². The summed E-state index contributed by atoms with van der Waals surface area (Å²) in [7, 11) is 0. The van der Waals surface area contributed by atoms with Gasteiger partial charge in [-0.1, -0.05) is 24.3 Å². The maximum Gasteiger partial charge on any atom is 0.0676 e. The summed E-state index contributed by atoms with van der Waals surface area (Å²) >= 11 is 0. The van der Waals surface area contributed by atoms with Crippen molar-refractivity contribution in [3.05, 3.63) is 35.4 Å². The Kier molecular flexibility index (Phi) is 2.51. The normalized spacial score (nSPS) is 26.0. The van der Waals surface area contributed by atoms with Crippen LogP contribution in [0.15, 0.2) is 24.3 Å². The highest BCUT2D eigenvalue weighted by molar-refractivity contribution is 5.32. The molecule has 1 N–H and O–H groups in total. The number of nitriles is 1. The van der Waals surface area contributed by atoms with Crippen LogP contribution in [0.25, 0.3) is 0 Å². The van der Waals surface area contributed by atoms with Crippen LogP contribution in [0.5, 0.6) is 0 Å². The minimum absolute atomic E-state index is 0.135. The Hall–Kier alpha value is -1.33. The highest BCUT2D eigenvalue weighted by Crippen LogP contribution is 2.29. The van der Waals surface area contributed by atoms with Gasteiger partial charge in [0.25, 0.3) is 0 Å². The lowest BCUT2D eigenvalue weighted by Crippen LogP contribution is -2.09. The molecule has 14 heavy (non-hydrogen) atoms. The van der Waals surface area contributed by atoms with Crippen molar-refractivity contribution in [3.63, 3.8) is 0 Å². The second-order valence-electron chi connectivity index (χ2n) is 3.86. The molecule has 0 amide bonds. The number of hydrogen-bond donors (Lipinski definition) is 1. The molecular weight excluding hydrogens is 172 g/mol. The Labute approximate surface area is 84.6 Å². The number of rotatable bonds is 1. The van der Waals surface area contributed by atoms with Crippen LogP contribution in [0.4, 0.5) is 0 Å². The van der Waals surface area contributed by atoms with Crippen molar-refractivity contribution in [3.8, 4) is 6.07 Å². The molecule has 1 aliphatic rings. The second-order valence-corrected chi connectivity index (χ2v) is 3.86. The molecule has 1 fully saturated rings. The average molecular weight is 186 g/mol. The van der Waals surface area contributed by atoms with Crippen molar-refractivity contribution in [2.75, 3.05) is 13.1 Å². The van der Waals surface area contributed by atoms with Gasteiger partial charge in [-0.2, -0.15) is 5.26 Å². The maximum absolute atomic E-state index is 9.00. The summed E-state index contributed by atoms with van der Waals surface area (Å²) < 4.78 is 0. The van der Waals surface area contributed by atoms with Crippen LogP contribution in [0.2, 0.25) is 0 Å². The first-order valence-corrected chi connectivity index (χ1v) is 4.99. The largest absolute Gasteiger partial charge is 0.315 e. The van der Waals surface area contributed by atoms with Crippen LogP contribution in [0.3, 0.4) is 0 Å². The fourth-order valence-electron chi connectivity index (χ4n) is 2.14. The molecule has 2 atom stereocenters. The summed E-state index contributed by atoms with van der Waals surface area (Å²) in [6, 6.07) is 10.7. The SMILES string of the molecule is Cc1ccccc1[C@@H]1CNC[C@H]1C#N. The minimum atomic E-state index is 0.135. The van der Waals surface area contributed by atoms with E-state index in [0.717, 1.165) is 13.1 Å². The molecule has 1 aliphatic heterocycles. The van der Waals surface area contributed by atoms with Crippen LogP contribution in [-0.4, -0.2) is 13.1 Å². The predicted octanol–water partition coefficient (Wildman–Crippen LogP) is 1.82. The zero-order chi connectivity index (χ0) is 9.97. The van der Waals surface area contributed by atoms with E-state index in [2.05, 4.69) is 36.5 Å². The second kappa shape index (κ2) is 3.81. The molecule has 1 aromatic rings. The lowest BCUT2D eigenvalue weighted by atomic mass is 9.87. The van der Waals surface area contributed by atoms with Gasteiger partial charge in [-0.05, 0) is 18.1 Å². The summed E-state index contributed by atoms with van der Waals surface area (Å²) in [5, 5.41) is 12.3. The van der Waals surface area contributed by atoms with Gasteiger partial charge in [0.05, 0.1) is 12.0 Å². The Morgan fingerprint density at radius 3 is 2.86 bits per heavy atom. The molecule has 0 aromatic heterocycles. The maximum atomic E-state index is 9.00. The smallest absolute Gasteiger partial charge is 0.0676 e. The van der Waals surface area contributed by atoms with Gasteiger partial charge in [-0.25, -0.2) is 0 Å². The average Bonchev–Trinajstić information content (AvgIpc) is 2.66. The van der Waals surface area contributed by atoms with Gasteiger partial charge >= 0.3 is 0 Å². The first kappa shape index (κ1) is 9.23. The molecule has 0 radical (unpaired) electrons. The van der Waals surface area contributed by atoms with Gasteiger partial charge in [-0.3, -0.25) is 0 Å². The third-order valence-corrected chi connectivity index (χ3v) is 2.97. The summed E-state index contributed by atoms with van der Waals surface area (Å²) in [5.74, 6) is 0.511. The zero-order valence-electron chi connectivity index (χ0n) is 8.33. The number of aryl methyl sites for hydroxylation is 1. The number of nitrogens with zero attached hydrogens (tertiary/aromatic N) is 1. The molecular formula is C12H14N2. The standard InChI is InChI=1S/C12H14N2/c1-9-4-2-3-5-11(9)12-8-14-7-10(12)6-13/h2-5,10,12,14H,7-8H2,1H3/t10-,12-/m1/s1. The Morgan fingerprint density at radius 1 is 1.36 bits per heavy atom. The third-order valence-electron chi connectivity index (χ3n) is 2.97. The van der Waals surface area contributed by atoms with Crippen molar-refractivity contribution >= 4 is 0 Å². The molecule has 0 aliphatic carbocycles. The van der Waals surface area contributed by atoms with Gasteiger partial charge in [-0.15, -0.1) is 0 Å². The molecule has 0 unspecified atom stereocenters. The van der Waals surface area contributed by atoms with Crippen molar-refractivity contribution in [1.29, 1.82) is 5.26 Å². The van der Waals surface area contributed by atoms with E-state index in [1.54, 1.807) is 0 Å². The van der Waals surface area contributed by atoms with Crippen LogP contribution >= 0.6 is 0 Å². The van der Waals surface area contributed by atoms with E-state index in [-0.39, 0.29) is 5.92 Å². The van der Waals surface area contributed by atoms with Gasteiger partial charge < -0.3 is 5.32 Å². The van der Waals surface area contributed by atoms with E-state index in [1.807, 2.05) is 6.07 Å². The highest BCUT2D eigenvalue weighted by Gasteiger charge is 2.28. The fourth-order valence-corrected chi connectivity index (χ4v) is 2.14. The van der Waals surface area contributed by atoms with Crippen LogP contribution in [-0.2, 0) is 0 Å². The molecule has 2 nitrogen and oxygen atoms in total.